The molecule has 0 spiro atoms. The van der Waals surface area contributed by atoms with E-state index in [1.807, 2.05) is 0 Å². The van der Waals surface area contributed by atoms with Gasteiger partial charge < -0.3 is 13.7 Å². The van der Waals surface area contributed by atoms with Crippen molar-refractivity contribution in [3.05, 3.63) is 0 Å². The van der Waals surface area contributed by atoms with Crippen LogP contribution in [0.4, 0.5) is 0 Å². The molecule has 0 saturated carbocycles. The van der Waals surface area contributed by atoms with Gasteiger partial charge in [0.15, 0.2) is 0 Å². The van der Waals surface area contributed by atoms with Crippen LogP contribution >= 0.6 is 0 Å². The molecule has 0 aromatic rings. The molecule has 0 aliphatic rings. The molecule has 0 aliphatic heterocycles. The molecule has 0 amide bonds. The fourth-order valence-corrected chi connectivity index (χ4v) is 0. The Balaban J connectivity index is -0.0000000400. The van der Waals surface area contributed by atoms with Crippen LogP contribution in [-0.4, -0.2) is 52.6 Å². The molecule has 0 fully saturated rings. The van der Waals surface area contributed by atoms with Gasteiger partial charge >= 0.3 is 70.9 Å². The zero-order valence-electron chi connectivity index (χ0n) is 7.95. The summed E-state index contributed by atoms with van der Waals surface area (Å²) in [6, 6.07) is 0. The summed E-state index contributed by atoms with van der Waals surface area (Å²) in [4.78, 5) is 0. The maximum Gasteiger partial charge on any atom is 2.00 e. The van der Waals surface area contributed by atoms with Crippen LogP contribution in [0.25, 0.3) is 0 Å². The van der Waals surface area contributed by atoms with E-state index in [0.29, 0.717) is 0 Å². The second-order valence-electron chi connectivity index (χ2n) is 1.28. The van der Waals surface area contributed by atoms with Crippen LogP contribution in [0.1, 0.15) is 0 Å². The van der Waals surface area contributed by atoms with E-state index < -0.39 is 31.2 Å². The number of rotatable bonds is 0. The van der Waals surface area contributed by atoms with Crippen molar-refractivity contribution in [2.24, 2.45) is 0 Å². The monoisotopic (exact) mass is 394 g/mol. The Kier molecular flexibility index (Phi) is 23.7. The maximum absolute atomic E-state index is 8.63. The zero-order valence-corrected chi connectivity index (χ0v) is 16.5. The Hall–Kier alpha value is 1.87. The minimum atomic E-state index is -4.92. The molecule has 12 nitrogen and oxygen atoms in total. The Bertz CT molecular complexity index is 343. The third-order valence-electron chi connectivity index (χ3n) is 0. The normalized spacial score (nSPS) is 10.2. The number of hydrogen-bond acceptors (Lipinski definition) is 9. The molecule has 0 radical (unpaired) electrons. The summed E-state index contributed by atoms with van der Waals surface area (Å²) < 4.78 is 98.5. The quantitative estimate of drug-likeness (QED) is 0.197. The second kappa shape index (κ2) is 12.9. The summed E-state index contributed by atoms with van der Waals surface area (Å²) in [7, 11) is -14.7. The van der Waals surface area contributed by atoms with E-state index in [-0.39, 0.29) is 70.9 Å². The van der Waals surface area contributed by atoms with Crippen LogP contribution in [0.2, 0.25) is 0 Å². The smallest absolute Gasteiger partial charge is 0.726 e. The third-order valence-corrected chi connectivity index (χ3v) is 0. The van der Waals surface area contributed by atoms with Crippen LogP contribution in [-0.2, 0) is 50.7 Å². The Labute approximate surface area is 152 Å². The van der Waals surface area contributed by atoms with E-state index in [1.54, 1.807) is 0 Å². The van der Waals surface area contributed by atoms with Gasteiger partial charge in [-0.25, -0.2) is 25.3 Å². The van der Waals surface area contributed by atoms with Crippen molar-refractivity contribution in [3.63, 3.8) is 0 Å². The molecule has 17 heavy (non-hydrogen) atoms. The largest absolute Gasteiger partial charge is 2.00 e. The first-order valence-corrected chi connectivity index (χ1v) is 6.14. The van der Waals surface area contributed by atoms with Gasteiger partial charge in [0.2, 0.25) is 31.2 Å². The molecule has 0 saturated heterocycles. The van der Waals surface area contributed by atoms with Gasteiger partial charge in [-0.3, -0.25) is 13.7 Å². The van der Waals surface area contributed by atoms with Crippen LogP contribution in [0.5, 0.6) is 0 Å². The molecule has 96 valence electrons. The third kappa shape index (κ3) is 1290. The summed E-state index contributed by atoms with van der Waals surface area (Å²) in [5.41, 5.74) is 0. The van der Waals surface area contributed by atoms with Crippen molar-refractivity contribution in [3.8, 4) is 0 Å². The van der Waals surface area contributed by atoms with E-state index >= 15 is 0 Å². The van der Waals surface area contributed by atoms with E-state index in [2.05, 4.69) is 0 Å². The topological polar surface area (TPSA) is 232 Å². The molecule has 0 heterocycles. The van der Waals surface area contributed by atoms with Crippen molar-refractivity contribution in [2.75, 3.05) is 0 Å². The van der Waals surface area contributed by atoms with Gasteiger partial charge in [-0.05, 0) is 0 Å². The van der Waals surface area contributed by atoms with Gasteiger partial charge in [0.05, 0.1) is 0 Å². The van der Waals surface area contributed by atoms with Crippen LogP contribution in [0, 0.1) is 0 Å². The standard InChI is InChI=1S/K.3H2O4S.Zn/c;3*1-5(2,3)4;/h;3*(H2,1,2,3,4);/q+1;;;;+2/p-3. The van der Waals surface area contributed by atoms with E-state index in [9.17, 15) is 0 Å². The van der Waals surface area contributed by atoms with Gasteiger partial charge in [0, 0.05) is 0 Å². The van der Waals surface area contributed by atoms with Crippen LogP contribution in [0.3, 0.4) is 0 Å². The average Bonchev–Trinajstić information content (AvgIpc) is 1.41. The minimum Gasteiger partial charge on any atom is -0.726 e. The van der Waals surface area contributed by atoms with Gasteiger partial charge in [-0.15, -0.1) is 0 Å². The molecule has 0 aromatic heterocycles. The van der Waals surface area contributed by atoms with Crippen molar-refractivity contribution >= 4 is 31.2 Å². The summed E-state index contributed by atoms with van der Waals surface area (Å²) in [6.07, 6.45) is 0. The zero-order chi connectivity index (χ0) is 13.5. The molecule has 0 bridgehead atoms. The first-order valence-electron chi connectivity index (χ1n) is 2.05. The second-order valence-corrected chi connectivity index (χ2v) is 3.85. The minimum absolute atomic E-state index is 0. The van der Waals surface area contributed by atoms with Crippen molar-refractivity contribution in [1.82, 2.24) is 0 Å². The summed E-state index contributed by atoms with van der Waals surface area (Å²) in [6.45, 7) is 0. The molecule has 0 atom stereocenters. The predicted octanol–water partition coefficient (Wildman–Crippen LogP) is -5.98. The fraction of sp³-hybridized carbons (Fsp3) is 0. The van der Waals surface area contributed by atoms with Crippen LogP contribution < -0.4 is 51.4 Å². The number of hydrogen-bond donors (Lipinski definition) is 3. The van der Waals surface area contributed by atoms with E-state index in [4.69, 9.17) is 52.6 Å². The summed E-state index contributed by atoms with van der Waals surface area (Å²) in [5.74, 6) is 0. The van der Waals surface area contributed by atoms with Gasteiger partial charge in [0.25, 0.3) is 0 Å². The summed E-state index contributed by atoms with van der Waals surface area (Å²) >= 11 is 0. The van der Waals surface area contributed by atoms with Gasteiger partial charge in [-0.1, -0.05) is 0 Å². The Morgan fingerprint density at radius 3 is 0.588 bits per heavy atom. The molecule has 0 unspecified atom stereocenters. The van der Waals surface area contributed by atoms with E-state index in [1.165, 1.54) is 0 Å². The van der Waals surface area contributed by atoms with Gasteiger partial charge in [0.1, 0.15) is 0 Å². The fourth-order valence-electron chi connectivity index (χ4n) is 0. The molecule has 0 aliphatic carbocycles. The van der Waals surface area contributed by atoms with Crippen molar-refractivity contribution in [2.45, 2.75) is 0 Å². The predicted molar refractivity (Wildman–Crippen MR) is 37.0 cm³/mol. The molecule has 17 heteroatoms. The molecular weight excluding hydrogens is 393 g/mol. The van der Waals surface area contributed by atoms with Crippen LogP contribution in [0.15, 0.2) is 0 Å². The SMILES string of the molecule is O=S(=O)([O-])O.O=S(=O)([O-])O.O=S(=O)([O-])O.[K+].[Zn+2]. The Morgan fingerprint density at radius 1 is 0.588 bits per heavy atom. The first kappa shape index (κ1) is 31.3. The first-order chi connectivity index (χ1) is 6.00. The van der Waals surface area contributed by atoms with Gasteiger partial charge in [-0.2, -0.15) is 0 Å². The molecule has 3 N–H and O–H groups in total. The van der Waals surface area contributed by atoms with Crippen molar-refractivity contribution in [1.29, 1.82) is 0 Å². The molecule has 0 rings (SSSR count). The molecular formula is H3KO12S3Zn. The van der Waals surface area contributed by atoms with E-state index in [0.717, 1.165) is 0 Å². The Morgan fingerprint density at radius 2 is 0.588 bits per heavy atom. The van der Waals surface area contributed by atoms with Crippen molar-refractivity contribution < 1.29 is 123 Å². The molecule has 0 aromatic carbocycles. The maximum atomic E-state index is 8.63. The summed E-state index contributed by atoms with van der Waals surface area (Å²) in [5, 5.41) is 0. The average molecular weight is 396 g/mol.